The molecule has 0 radical (unpaired) electrons. The van der Waals surface area contributed by atoms with E-state index >= 15 is 0 Å². The van der Waals surface area contributed by atoms with Crippen LogP contribution in [0.1, 0.15) is 34.6 Å². The molecule has 1 N–H and O–H groups in total. The third kappa shape index (κ3) is 3.27. The Balaban J connectivity index is 1.70. The third-order valence-electron chi connectivity index (χ3n) is 3.56. The number of nitrogens with zero attached hydrogens (tertiary/aromatic N) is 1. The van der Waals surface area contributed by atoms with Crippen molar-refractivity contribution >= 4 is 5.91 Å². The number of hydrogen-bond donors (Lipinski definition) is 1. The van der Waals surface area contributed by atoms with Crippen LogP contribution in [0.25, 0.3) is 0 Å². The molecule has 5 nitrogen and oxygen atoms in total. The minimum absolute atomic E-state index is 0.0515. The van der Waals surface area contributed by atoms with Crippen molar-refractivity contribution < 1.29 is 27.4 Å². The summed E-state index contributed by atoms with van der Waals surface area (Å²) in [6, 6.07) is 6.77. The summed E-state index contributed by atoms with van der Waals surface area (Å²) < 4.78 is 47.9. The number of halogens is 3. The smallest absolute Gasteiger partial charge is 0.433 e. The average molecular weight is 338 g/mol. The van der Waals surface area contributed by atoms with E-state index in [2.05, 4.69) is 10.3 Å². The van der Waals surface area contributed by atoms with E-state index in [-0.39, 0.29) is 18.4 Å². The molecular formula is C16H13F3N2O3. The molecular weight excluding hydrogens is 325 g/mol. The quantitative estimate of drug-likeness (QED) is 0.933. The van der Waals surface area contributed by atoms with E-state index in [1.165, 1.54) is 0 Å². The number of amides is 1. The van der Waals surface area contributed by atoms with Crippen LogP contribution in [0.15, 0.2) is 36.5 Å². The molecule has 0 spiro atoms. The first-order valence-electron chi connectivity index (χ1n) is 7.08. The number of aromatic nitrogens is 1. The Labute approximate surface area is 135 Å². The van der Waals surface area contributed by atoms with E-state index in [0.717, 1.165) is 23.9 Å². The lowest BCUT2D eigenvalue weighted by Gasteiger charge is -2.15. The molecule has 2 aromatic rings. The maximum atomic E-state index is 12.5. The molecule has 1 aromatic carbocycles. The molecule has 24 heavy (non-hydrogen) atoms. The first-order chi connectivity index (χ1) is 11.3. The maximum absolute atomic E-state index is 12.5. The minimum atomic E-state index is -4.53. The van der Waals surface area contributed by atoms with Crippen LogP contribution in [0.4, 0.5) is 13.2 Å². The molecule has 8 heteroatoms. The van der Waals surface area contributed by atoms with Gasteiger partial charge in [-0.3, -0.25) is 9.78 Å². The number of nitrogens with one attached hydrogen (secondary N) is 1. The number of alkyl halides is 3. The molecule has 0 fully saturated rings. The summed E-state index contributed by atoms with van der Waals surface area (Å²) in [4.78, 5) is 15.4. The number of fused-ring (bicyclic) bond motifs is 1. The summed E-state index contributed by atoms with van der Waals surface area (Å²) in [5, 5.41) is 2.71. The Kier molecular flexibility index (Phi) is 4.04. The lowest BCUT2D eigenvalue weighted by Crippen LogP contribution is -2.27. The third-order valence-corrected chi connectivity index (χ3v) is 3.56. The summed E-state index contributed by atoms with van der Waals surface area (Å²) >= 11 is 0. The molecule has 2 heterocycles. The monoisotopic (exact) mass is 338 g/mol. The van der Waals surface area contributed by atoms with Gasteiger partial charge in [0.05, 0.1) is 11.6 Å². The fourth-order valence-corrected chi connectivity index (χ4v) is 2.24. The van der Waals surface area contributed by atoms with Crippen molar-refractivity contribution in [3.8, 4) is 11.5 Å². The predicted octanol–water partition coefficient (Wildman–Crippen LogP) is 3.32. The van der Waals surface area contributed by atoms with Crippen LogP contribution in [0.3, 0.4) is 0 Å². The van der Waals surface area contributed by atoms with E-state index in [9.17, 15) is 18.0 Å². The fourth-order valence-electron chi connectivity index (χ4n) is 2.24. The van der Waals surface area contributed by atoms with Crippen LogP contribution in [0.2, 0.25) is 0 Å². The Morgan fingerprint density at radius 1 is 1.21 bits per heavy atom. The highest BCUT2D eigenvalue weighted by Gasteiger charge is 2.32. The second-order valence-corrected chi connectivity index (χ2v) is 5.24. The van der Waals surface area contributed by atoms with Gasteiger partial charge in [0.25, 0.3) is 5.91 Å². The zero-order valence-corrected chi connectivity index (χ0v) is 12.6. The zero-order valence-electron chi connectivity index (χ0n) is 12.6. The first kappa shape index (κ1) is 16.1. The van der Waals surface area contributed by atoms with Crippen molar-refractivity contribution in [1.29, 1.82) is 0 Å². The van der Waals surface area contributed by atoms with Crippen LogP contribution in [0.5, 0.6) is 11.5 Å². The molecule has 1 amide bonds. The van der Waals surface area contributed by atoms with Gasteiger partial charge in [-0.1, -0.05) is 6.07 Å². The molecule has 3 rings (SSSR count). The van der Waals surface area contributed by atoms with Gasteiger partial charge in [0, 0.05) is 6.20 Å². The molecule has 1 aromatic heterocycles. The van der Waals surface area contributed by atoms with Gasteiger partial charge in [-0.15, -0.1) is 0 Å². The number of pyridine rings is 1. The minimum Gasteiger partial charge on any atom is -0.454 e. The SMILES string of the molecule is CC(NC(=O)c1ccc(C(F)(F)F)nc1)c1ccc2c(c1)OCO2. The predicted molar refractivity (Wildman–Crippen MR) is 77.7 cm³/mol. The first-order valence-corrected chi connectivity index (χ1v) is 7.08. The molecule has 1 aliphatic rings. The molecule has 1 unspecified atom stereocenters. The molecule has 1 aliphatic heterocycles. The molecule has 0 saturated carbocycles. The van der Waals surface area contributed by atoms with Crippen molar-refractivity contribution in [2.75, 3.05) is 6.79 Å². The highest BCUT2D eigenvalue weighted by atomic mass is 19.4. The van der Waals surface area contributed by atoms with E-state index in [1.54, 1.807) is 25.1 Å². The van der Waals surface area contributed by atoms with Crippen LogP contribution in [-0.4, -0.2) is 17.7 Å². The lowest BCUT2D eigenvalue weighted by molar-refractivity contribution is -0.141. The number of carbonyl (C=O) groups is 1. The Hall–Kier alpha value is -2.77. The number of rotatable bonds is 3. The van der Waals surface area contributed by atoms with Crippen LogP contribution in [-0.2, 0) is 6.18 Å². The van der Waals surface area contributed by atoms with Gasteiger partial charge in [-0.05, 0) is 36.8 Å². The Morgan fingerprint density at radius 3 is 2.62 bits per heavy atom. The largest absolute Gasteiger partial charge is 0.454 e. The normalized spacial score (nSPS) is 14.3. The van der Waals surface area contributed by atoms with Crippen molar-refractivity contribution in [2.45, 2.75) is 19.1 Å². The van der Waals surface area contributed by atoms with Gasteiger partial charge in [0.2, 0.25) is 6.79 Å². The Morgan fingerprint density at radius 2 is 1.96 bits per heavy atom. The van der Waals surface area contributed by atoms with Gasteiger partial charge >= 0.3 is 6.18 Å². The van der Waals surface area contributed by atoms with E-state index in [1.807, 2.05) is 0 Å². The van der Waals surface area contributed by atoms with Gasteiger partial charge in [0.15, 0.2) is 11.5 Å². The number of ether oxygens (including phenoxy) is 2. The van der Waals surface area contributed by atoms with Gasteiger partial charge in [0.1, 0.15) is 5.69 Å². The Bertz CT molecular complexity index is 760. The topological polar surface area (TPSA) is 60.5 Å². The molecule has 126 valence electrons. The summed E-state index contributed by atoms with van der Waals surface area (Å²) in [6.45, 7) is 1.91. The second-order valence-electron chi connectivity index (χ2n) is 5.24. The summed E-state index contributed by atoms with van der Waals surface area (Å²) in [5.41, 5.74) is -0.203. The standard InChI is InChI=1S/C16H13F3N2O3/c1-9(10-2-4-12-13(6-10)24-8-23-12)21-15(22)11-3-5-14(20-7-11)16(17,18)19/h2-7,9H,8H2,1H3,(H,21,22). The van der Waals surface area contributed by atoms with Crippen molar-refractivity contribution in [2.24, 2.45) is 0 Å². The van der Waals surface area contributed by atoms with Gasteiger partial charge < -0.3 is 14.8 Å². The lowest BCUT2D eigenvalue weighted by atomic mass is 10.1. The average Bonchev–Trinajstić information content (AvgIpc) is 3.01. The molecule has 0 aliphatic carbocycles. The fraction of sp³-hybridized carbons (Fsp3) is 0.250. The van der Waals surface area contributed by atoms with Gasteiger partial charge in [-0.2, -0.15) is 13.2 Å². The molecule has 0 saturated heterocycles. The summed E-state index contributed by atoms with van der Waals surface area (Å²) in [5.74, 6) is 0.704. The van der Waals surface area contributed by atoms with Crippen LogP contribution < -0.4 is 14.8 Å². The number of hydrogen-bond acceptors (Lipinski definition) is 4. The van der Waals surface area contributed by atoms with E-state index < -0.39 is 17.8 Å². The van der Waals surface area contributed by atoms with Crippen LogP contribution in [0, 0.1) is 0 Å². The summed E-state index contributed by atoms with van der Waals surface area (Å²) in [7, 11) is 0. The number of benzene rings is 1. The van der Waals surface area contributed by atoms with E-state index in [4.69, 9.17) is 9.47 Å². The van der Waals surface area contributed by atoms with Crippen molar-refractivity contribution in [3.05, 3.63) is 53.3 Å². The molecule has 0 bridgehead atoms. The van der Waals surface area contributed by atoms with Gasteiger partial charge in [-0.25, -0.2) is 0 Å². The maximum Gasteiger partial charge on any atom is 0.433 e. The second kappa shape index (κ2) is 6.03. The highest BCUT2D eigenvalue weighted by Crippen LogP contribution is 2.34. The van der Waals surface area contributed by atoms with Crippen LogP contribution >= 0.6 is 0 Å². The van der Waals surface area contributed by atoms with Crippen molar-refractivity contribution in [3.63, 3.8) is 0 Å². The zero-order chi connectivity index (χ0) is 17.3. The highest BCUT2D eigenvalue weighted by molar-refractivity contribution is 5.94. The number of carbonyl (C=O) groups excluding carboxylic acids is 1. The summed E-state index contributed by atoms with van der Waals surface area (Å²) in [6.07, 6.45) is -3.63. The van der Waals surface area contributed by atoms with Crippen molar-refractivity contribution in [1.82, 2.24) is 10.3 Å². The van der Waals surface area contributed by atoms with E-state index in [0.29, 0.717) is 11.5 Å². The molecule has 1 atom stereocenters.